The largest absolute Gasteiger partial charge is 0.310 e. The maximum atomic E-state index is 2.55. The van der Waals surface area contributed by atoms with E-state index < -0.39 is 5.41 Å². The molecule has 0 N–H and O–H groups in total. The summed E-state index contributed by atoms with van der Waals surface area (Å²) in [5.41, 5.74) is 22.8. The topological polar surface area (TPSA) is 3.24 Å². The van der Waals surface area contributed by atoms with Crippen LogP contribution in [-0.4, -0.2) is 0 Å². The monoisotopic (exact) mass is 689 g/mol. The molecule has 8 aromatic carbocycles. The molecule has 0 aliphatic heterocycles. The van der Waals surface area contributed by atoms with Gasteiger partial charge in [-0.25, -0.2) is 0 Å². The van der Waals surface area contributed by atoms with Gasteiger partial charge in [-0.3, -0.25) is 0 Å². The van der Waals surface area contributed by atoms with Crippen molar-refractivity contribution < 1.29 is 0 Å². The van der Waals surface area contributed by atoms with Crippen LogP contribution in [0.1, 0.15) is 52.8 Å². The second-order valence-corrected chi connectivity index (χ2v) is 15.7. The van der Waals surface area contributed by atoms with E-state index in [9.17, 15) is 0 Å². The van der Waals surface area contributed by atoms with Crippen molar-refractivity contribution in [2.75, 3.05) is 4.90 Å². The summed E-state index contributed by atoms with van der Waals surface area (Å²) >= 11 is 0. The van der Waals surface area contributed by atoms with E-state index in [2.05, 4.69) is 208 Å². The van der Waals surface area contributed by atoms with E-state index in [0.29, 0.717) is 0 Å². The molecular formula is C53H39N. The van der Waals surface area contributed by atoms with Crippen molar-refractivity contribution in [3.8, 4) is 44.5 Å². The van der Waals surface area contributed by atoms with Gasteiger partial charge in [0.2, 0.25) is 0 Å². The van der Waals surface area contributed by atoms with Crippen LogP contribution in [0.4, 0.5) is 17.1 Å². The summed E-state index contributed by atoms with van der Waals surface area (Å²) in [7, 11) is 0. The summed E-state index contributed by atoms with van der Waals surface area (Å²) in [6, 6.07) is 68.1. The van der Waals surface area contributed by atoms with Gasteiger partial charge < -0.3 is 4.90 Å². The smallest absolute Gasteiger partial charge is 0.0726 e. The average molecular weight is 690 g/mol. The number of hydrogen-bond acceptors (Lipinski definition) is 1. The van der Waals surface area contributed by atoms with Gasteiger partial charge >= 0.3 is 0 Å². The van der Waals surface area contributed by atoms with Crippen LogP contribution >= 0.6 is 0 Å². The van der Waals surface area contributed by atoms with Crippen LogP contribution in [0, 0.1) is 6.92 Å². The summed E-state index contributed by atoms with van der Waals surface area (Å²) in [4.78, 5) is 2.55. The highest BCUT2D eigenvalue weighted by atomic mass is 15.1. The maximum Gasteiger partial charge on any atom is 0.0726 e. The molecule has 54 heavy (non-hydrogen) atoms. The molecule has 0 amide bonds. The van der Waals surface area contributed by atoms with Gasteiger partial charge in [-0.2, -0.15) is 0 Å². The van der Waals surface area contributed by atoms with Crippen LogP contribution < -0.4 is 4.90 Å². The van der Waals surface area contributed by atoms with Gasteiger partial charge in [0.25, 0.3) is 0 Å². The number of aryl methyl sites for hydroxylation is 1. The Hall–Kier alpha value is -6.44. The van der Waals surface area contributed by atoms with Gasteiger partial charge in [-0.05, 0) is 115 Å². The molecule has 0 unspecified atom stereocenters. The van der Waals surface area contributed by atoms with Gasteiger partial charge in [-0.1, -0.05) is 166 Å². The zero-order valence-corrected chi connectivity index (χ0v) is 30.8. The maximum absolute atomic E-state index is 2.55. The molecule has 256 valence electrons. The number of anilines is 3. The molecule has 1 heteroatoms. The standard InChI is InChI=1S/C53H39N/c1-34-32-36(35-16-5-4-6-17-35)28-31-49(34)54(37-29-30-41-38-18-7-11-22-43(38)52(2,3)48(41)33-37)50-27-15-26-47-51(50)42-21-10-14-25-46(42)53(47)44-23-12-8-19-39(44)40-20-9-13-24-45(40)53/h4-33H,1-3H3. The highest BCUT2D eigenvalue weighted by Crippen LogP contribution is 2.65. The van der Waals surface area contributed by atoms with E-state index >= 15 is 0 Å². The van der Waals surface area contributed by atoms with Crippen molar-refractivity contribution in [1.82, 2.24) is 0 Å². The third kappa shape index (κ3) is 4.04. The predicted molar refractivity (Wildman–Crippen MR) is 225 cm³/mol. The molecule has 3 aliphatic carbocycles. The van der Waals surface area contributed by atoms with Crippen molar-refractivity contribution in [3.63, 3.8) is 0 Å². The van der Waals surface area contributed by atoms with Crippen molar-refractivity contribution >= 4 is 17.1 Å². The molecule has 0 fully saturated rings. The zero-order valence-electron chi connectivity index (χ0n) is 30.8. The summed E-state index contributed by atoms with van der Waals surface area (Å²) in [5, 5.41) is 0. The second kappa shape index (κ2) is 11.3. The highest BCUT2D eigenvalue weighted by molar-refractivity contribution is 6.01. The molecule has 0 aromatic heterocycles. The molecular weight excluding hydrogens is 651 g/mol. The number of benzene rings is 8. The number of nitrogens with zero attached hydrogens (tertiary/aromatic N) is 1. The Bertz CT molecular complexity index is 2780. The number of hydrogen-bond donors (Lipinski definition) is 0. The summed E-state index contributed by atoms with van der Waals surface area (Å²) < 4.78 is 0. The lowest BCUT2D eigenvalue weighted by molar-refractivity contribution is 0.660. The van der Waals surface area contributed by atoms with Crippen LogP contribution in [0.2, 0.25) is 0 Å². The first-order chi connectivity index (χ1) is 26.5. The molecule has 0 atom stereocenters. The molecule has 0 bridgehead atoms. The van der Waals surface area contributed by atoms with Crippen LogP contribution in [-0.2, 0) is 10.8 Å². The minimum absolute atomic E-state index is 0.119. The minimum Gasteiger partial charge on any atom is -0.310 e. The third-order valence-electron chi connectivity index (χ3n) is 12.6. The van der Waals surface area contributed by atoms with E-state index in [1.165, 1.54) is 101 Å². The highest BCUT2D eigenvalue weighted by Gasteiger charge is 2.52. The SMILES string of the molecule is Cc1cc(-c2ccccc2)ccc1N(c1ccc2c(c1)C(C)(C)c1ccccc1-2)c1cccc2c1-c1ccccc1C21c2ccccc2-c2ccccc21. The molecule has 11 rings (SSSR count). The summed E-state index contributed by atoms with van der Waals surface area (Å²) in [5.74, 6) is 0. The molecule has 1 spiro atoms. The second-order valence-electron chi connectivity index (χ2n) is 15.7. The zero-order chi connectivity index (χ0) is 36.2. The van der Waals surface area contributed by atoms with Crippen molar-refractivity contribution in [2.24, 2.45) is 0 Å². The average Bonchev–Trinajstić information content (AvgIpc) is 3.78. The van der Waals surface area contributed by atoms with Gasteiger partial charge in [0.05, 0.1) is 11.1 Å². The quantitative estimate of drug-likeness (QED) is 0.178. The molecule has 0 saturated heterocycles. The first kappa shape index (κ1) is 31.1. The first-order valence-electron chi connectivity index (χ1n) is 19.1. The number of fused-ring (bicyclic) bond motifs is 13. The first-order valence-corrected chi connectivity index (χ1v) is 19.1. The van der Waals surface area contributed by atoms with Crippen molar-refractivity contribution in [3.05, 3.63) is 221 Å². The van der Waals surface area contributed by atoms with E-state index in [0.717, 1.165) is 0 Å². The van der Waals surface area contributed by atoms with Crippen LogP contribution in [0.3, 0.4) is 0 Å². The Morgan fingerprint density at radius 3 is 1.57 bits per heavy atom. The molecule has 1 nitrogen and oxygen atoms in total. The molecule has 3 aliphatic rings. The third-order valence-corrected chi connectivity index (χ3v) is 12.6. The van der Waals surface area contributed by atoms with Crippen LogP contribution in [0.5, 0.6) is 0 Å². The Balaban J connectivity index is 1.20. The molecule has 0 saturated carbocycles. The van der Waals surface area contributed by atoms with Gasteiger partial charge in [-0.15, -0.1) is 0 Å². The minimum atomic E-state index is -0.408. The van der Waals surface area contributed by atoms with Crippen molar-refractivity contribution in [1.29, 1.82) is 0 Å². The van der Waals surface area contributed by atoms with E-state index in [1.807, 2.05) is 0 Å². The lowest BCUT2D eigenvalue weighted by Gasteiger charge is -2.33. The van der Waals surface area contributed by atoms with Gasteiger partial charge in [0.15, 0.2) is 0 Å². The Labute approximate surface area is 317 Å². The van der Waals surface area contributed by atoms with Crippen LogP contribution in [0.15, 0.2) is 182 Å². The number of rotatable bonds is 4. The van der Waals surface area contributed by atoms with Crippen LogP contribution in [0.25, 0.3) is 44.5 Å². The summed E-state index contributed by atoms with van der Waals surface area (Å²) in [6.45, 7) is 7.02. The fourth-order valence-corrected chi connectivity index (χ4v) is 10.3. The van der Waals surface area contributed by atoms with E-state index in [4.69, 9.17) is 0 Å². The van der Waals surface area contributed by atoms with E-state index in [1.54, 1.807) is 0 Å². The van der Waals surface area contributed by atoms with Gasteiger partial charge in [0.1, 0.15) is 0 Å². The Kier molecular flexibility index (Phi) is 6.50. The van der Waals surface area contributed by atoms with E-state index in [-0.39, 0.29) is 5.41 Å². The lowest BCUT2D eigenvalue weighted by atomic mass is 9.70. The Morgan fingerprint density at radius 2 is 0.907 bits per heavy atom. The van der Waals surface area contributed by atoms with Crippen molar-refractivity contribution in [2.45, 2.75) is 31.6 Å². The molecule has 0 heterocycles. The predicted octanol–water partition coefficient (Wildman–Crippen LogP) is 13.8. The van der Waals surface area contributed by atoms with Gasteiger partial charge in [0, 0.05) is 22.4 Å². The fraction of sp³-hybridized carbons (Fsp3) is 0.0943. The molecule has 0 radical (unpaired) electrons. The normalized spacial score (nSPS) is 14.5. The molecule has 8 aromatic rings. The summed E-state index contributed by atoms with van der Waals surface area (Å²) in [6.07, 6.45) is 0. The Morgan fingerprint density at radius 1 is 0.370 bits per heavy atom. The lowest BCUT2D eigenvalue weighted by Crippen LogP contribution is -2.26. The fourth-order valence-electron chi connectivity index (χ4n) is 10.3.